The maximum absolute atomic E-state index is 4.43. The summed E-state index contributed by atoms with van der Waals surface area (Å²) >= 11 is 0. The molecule has 2 aromatic rings. The molecule has 2 heterocycles. The van der Waals surface area contributed by atoms with Gasteiger partial charge in [0, 0.05) is 24.3 Å². The summed E-state index contributed by atoms with van der Waals surface area (Å²) < 4.78 is 1.91. The van der Waals surface area contributed by atoms with Gasteiger partial charge in [0.05, 0.1) is 24.1 Å². The Bertz CT molecular complexity index is 562. The Morgan fingerprint density at radius 2 is 2.22 bits per heavy atom. The van der Waals surface area contributed by atoms with Gasteiger partial charge in [-0.3, -0.25) is 4.68 Å². The minimum Gasteiger partial charge on any atom is -0.341 e. The Morgan fingerprint density at radius 1 is 1.44 bits per heavy atom. The van der Waals surface area contributed by atoms with Gasteiger partial charge in [0.1, 0.15) is 5.82 Å². The Balaban J connectivity index is 1.82. The molecule has 0 aliphatic heterocycles. The fourth-order valence-corrected chi connectivity index (χ4v) is 2.27. The number of rotatable bonds is 4. The van der Waals surface area contributed by atoms with E-state index in [1.54, 1.807) is 0 Å². The molecular formula is C13H19N5. The molecule has 1 aliphatic carbocycles. The zero-order chi connectivity index (χ0) is 12.7. The molecule has 0 saturated heterocycles. The Hall–Kier alpha value is -1.62. The quantitative estimate of drug-likeness (QED) is 0.861. The van der Waals surface area contributed by atoms with Crippen molar-refractivity contribution in [1.82, 2.24) is 25.1 Å². The van der Waals surface area contributed by atoms with Crippen molar-refractivity contribution in [2.75, 3.05) is 0 Å². The van der Waals surface area contributed by atoms with Crippen LogP contribution in [-0.2, 0) is 13.6 Å². The summed E-state index contributed by atoms with van der Waals surface area (Å²) in [6.07, 6.45) is 4.50. The number of hydrogen-bond acceptors (Lipinski definition) is 3. The van der Waals surface area contributed by atoms with Crippen molar-refractivity contribution in [2.45, 2.75) is 39.3 Å². The fraction of sp³-hybridized carbons (Fsp3) is 0.538. The summed E-state index contributed by atoms with van der Waals surface area (Å²) in [7, 11) is 1.97. The van der Waals surface area contributed by atoms with Gasteiger partial charge in [-0.2, -0.15) is 5.10 Å². The molecule has 0 bridgehead atoms. The number of hydrogen-bond donors (Lipinski definition) is 2. The molecule has 18 heavy (non-hydrogen) atoms. The maximum Gasteiger partial charge on any atom is 0.120 e. The lowest BCUT2D eigenvalue weighted by Crippen LogP contribution is -2.16. The van der Waals surface area contributed by atoms with Crippen LogP contribution in [0.1, 0.15) is 30.1 Å². The normalized spacial score (nSPS) is 15.3. The lowest BCUT2D eigenvalue weighted by atomic mass is 10.1. The van der Waals surface area contributed by atoms with Crippen LogP contribution >= 0.6 is 0 Å². The van der Waals surface area contributed by atoms with Gasteiger partial charge in [-0.15, -0.1) is 0 Å². The van der Waals surface area contributed by atoms with Crippen LogP contribution in [0, 0.1) is 13.8 Å². The second-order valence-electron chi connectivity index (χ2n) is 5.07. The van der Waals surface area contributed by atoms with Gasteiger partial charge in [0.2, 0.25) is 0 Å². The predicted octanol–water partition coefficient (Wildman–Crippen LogP) is 1.68. The highest BCUT2D eigenvalue weighted by Crippen LogP contribution is 2.25. The van der Waals surface area contributed by atoms with Gasteiger partial charge in [-0.25, -0.2) is 4.98 Å². The van der Waals surface area contributed by atoms with Crippen LogP contribution < -0.4 is 5.32 Å². The van der Waals surface area contributed by atoms with Crippen LogP contribution in [0.3, 0.4) is 0 Å². The van der Waals surface area contributed by atoms with Crippen LogP contribution in [0.5, 0.6) is 0 Å². The Labute approximate surface area is 107 Å². The zero-order valence-electron chi connectivity index (χ0n) is 11.1. The molecule has 1 saturated carbocycles. The molecular weight excluding hydrogens is 226 g/mol. The molecule has 1 fully saturated rings. The van der Waals surface area contributed by atoms with Gasteiger partial charge in [0.15, 0.2) is 0 Å². The van der Waals surface area contributed by atoms with Crippen LogP contribution in [-0.4, -0.2) is 25.8 Å². The average molecular weight is 245 g/mol. The number of aromatic nitrogens is 4. The van der Waals surface area contributed by atoms with E-state index in [0.717, 1.165) is 29.5 Å². The number of aromatic amines is 1. The lowest BCUT2D eigenvalue weighted by molar-refractivity contribution is 0.664. The van der Waals surface area contributed by atoms with E-state index in [9.17, 15) is 0 Å². The predicted molar refractivity (Wildman–Crippen MR) is 70.1 cm³/mol. The number of nitrogens with zero attached hydrogens (tertiary/aromatic N) is 3. The minimum absolute atomic E-state index is 0.709. The standard InChI is InChI=1S/C13H19N5/c1-8-13(9(2)18(3)17-8)11-6-15-12(16-11)7-14-10-4-5-10/h6,10,14H,4-5,7H2,1-3H3,(H,15,16). The SMILES string of the molecule is Cc1nn(C)c(C)c1-c1cnc(CNC2CC2)[nH]1. The molecule has 5 nitrogen and oxygen atoms in total. The smallest absolute Gasteiger partial charge is 0.120 e. The van der Waals surface area contributed by atoms with Crippen LogP contribution in [0.2, 0.25) is 0 Å². The van der Waals surface area contributed by atoms with Crippen LogP contribution in [0.15, 0.2) is 6.20 Å². The maximum atomic E-state index is 4.43. The molecule has 0 unspecified atom stereocenters. The first-order valence-corrected chi connectivity index (χ1v) is 6.43. The van der Waals surface area contributed by atoms with Crippen LogP contribution in [0.25, 0.3) is 11.3 Å². The van der Waals surface area contributed by atoms with Crippen molar-refractivity contribution in [3.05, 3.63) is 23.4 Å². The largest absolute Gasteiger partial charge is 0.341 e. The Morgan fingerprint density at radius 3 is 2.83 bits per heavy atom. The van der Waals surface area contributed by atoms with Gasteiger partial charge >= 0.3 is 0 Å². The zero-order valence-corrected chi connectivity index (χ0v) is 11.1. The van der Waals surface area contributed by atoms with Crippen molar-refractivity contribution in [3.63, 3.8) is 0 Å². The third kappa shape index (κ3) is 2.06. The number of imidazole rings is 1. The van der Waals surface area contributed by atoms with E-state index in [0.29, 0.717) is 6.04 Å². The molecule has 0 atom stereocenters. The molecule has 1 aliphatic rings. The van der Waals surface area contributed by atoms with E-state index >= 15 is 0 Å². The highest BCUT2D eigenvalue weighted by molar-refractivity contribution is 5.64. The summed E-state index contributed by atoms with van der Waals surface area (Å²) in [4.78, 5) is 7.81. The van der Waals surface area contributed by atoms with E-state index in [1.807, 2.05) is 24.9 Å². The lowest BCUT2D eigenvalue weighted by Gasteiger charge is -2.00. The molecule has 5 heteroatoms. The van der Waals surface area contributed by atoms with Crippen molar-refractivity contribution in [3.8, 4) is 11.3 Å². The van der Waals surface area contributed by atoms with E-state index < -0.39 is 0 Å². The van der Waals surface area contributed by atoms with E-state index in [4.69, 9.17) is 0 Å². The summed E-state index contributed by atoms with van der Waals surface area (Å²) in [5.41, 5.74) is 4.44. The van der Waals surface area contributed by atoms with Crippen LogP contribution in [0.4, 0.5) is 0 Å². The third-order valence-corrected chi connectivity index (χ3v) is 3.54. The monoisotopic (exact) mass is 245 g/mol. The highest BCUT2D eigenvalue weighted by Gasteiger charge is 2.20. The number of H-pyrrole nitrogens is 1. The van der Waals surface area contributed by atoms with Gasteiger partial charge in [-0.05, 0) is 26.7 Å². The van der Waals surface area contributed by atoms with Gasteiger partial charge in [-0.1, -0.05) is 0 Å². The molecule has 2 N–H and O–H groups in total. The summed E-state index contributed by atoms with van der Waals surface area (Å²) in [5, 5.41) is 7.89. The van der Waals surface area contributed by atoms with Crippen molar-refractivity contribution < 1.29 is 0 Å². The second kappa shape index (κ2) is 4.24. The van der Waals surface area contributed by atoms with Crippen molar-refractivity contribution in [2.24, 2.45) is 7.05 Å². The average Bonchev–Trinajstić information content (AvgIpc) is 2.99. The van der Waals surface area contributed by atoms with E-state index in [-0.39, 0.29) is 0 Å². The number of aryl methyl sites for hydroxylation is 2. The number of nitrogens with one attached hydrogen (secondary N) is 2. The summed E-state index contributed by atoms with van der Waals surface area (Å²) in [5.74, 6) is 1.000. The second-order valence-corrected chi connectivity index (χ2v) is 5.07. The Kier molecular flexibility index (Phi) is 2.70. The minimum atomic E-state index is 0.709. The third-order valence-electron chi connectivity index (χ3n) is 3.54. The molecule has 0 spiro atoms. The summed E-state index contributed by atoms with van der Waals surface area (Å²) in [6, 6.07) is 0.709. The van der Waals surface area contributed by atoms with E-state index in [2.05, 4.69) is 27.3 Å². The van der Waals surface area contributed by atoms with Gasteiger partial charge < -0.3 is 10.3 Å². The van der Waals surface area contributed by atoms with Gasteiger partial charge in [0.25, 0.3) is 0 Å². The first-order valence-electron chi connectivity index (χ1n) is 6.43. The molecule has 3 rings (SSSR count). The molecule has 0 amide bonds. The summed E-state index contributed by atoms with van der Waals surface area (Å²) in [6.45, 7) is 4.94. The van der Waals surface area contributed by atoms with Crippen molar-refractivity contribution in [1.29, 1.82) is 0 Å². The molecule has 0 aromatic carbocycles. The first-order chi connectivity index (χ1) is 8.65. The highest BCUT2D eigenvalue weighted by atomic mass is 15.3. The van der Waals surface area contributed by atoms with Crippen molar-refractivity contribution >= 4 is 0 Å². The molecule has 2 aromatic heterocycles. The van der Waals surface area contributed by atoms with E-state index in [1.165, 1.54) is 18.4 Å². The first kappa shape index (κ1) is 11.5. The molecule has 0 radical (unpaired) electrons. The fourth-order valence-electron chi connectivity index (χ4n) is 2.27. The topological polar surface area (TPSA) is 58.5 Å². The molecule has 96 valence electrons.